The molecule has 0 bridgehead atoms. The van der Waals surface area contributed by atoms with Gasteiger partial charge in [-0.2, -0.15) is 5.10 Å². The van der Waals surface area contributed by atoms with E-state index in [1.165, 1.54) is 25.5 Å². The molecule has 120 valence electrons. The maximum absolute atomic E-state index is 11.9. The lowest BCUT2D eigenvalue weighted by atomic mass is 10.2. The summed E-state index contributed by atoms with van der Waals surface area (Å²) < 4.78 is 5.48. The maximum Gasteiger partial charge on any atom is 0.271 e. The number of hydrogen-bond acceptors (Lipinski definition) is 4. The first kappa shape index (κ1) is 17.6. The van der Waals surface area contributed by atoms with Crippen LogP contribution < -0.4 is 10.2 Å². The Morgan fingerprint density at radius 2 is 2.04 bits per heavy atom. The minimum absolute atomic E-state index is 0.00973. The van der Waals surface area contributed by atoms with Crippen molar-refractivity contribution in [2.45, 2.75) is 0 Å². The van der Waals surface area contributed by atoms with Crippen LogP contribution in [0.15, 0.2) is 39.9 Å². The Balaban J connectivity index is 2.10. The van der Waals surface area contributed by atoms with Gasteiger partial charge in [-0.1, -0.05) is 23.2 Å². The molecular formula is C15H11BrCl2N2O3. The normalized spacial score (nSPS) is 10.8. The largest absolute Gasteiger partial charge is 0.503 e. The first-order valence-corrected chi connectivity index (χ1v) is 7.82. The van der Waals surface area contributed by atoms with E-state index in [4.69, 9.17) is 27.9 Å². The molecule has 0 aliphatic rings. The van der Waals surface area contributed by atoms with Crippen LogP contribution in [0.2, 0.25) is 10.0 Å². The molecule has 0 atom stereocenters. The first-order chi connectivity index (χ1) is 10.9. The Morgan fingerprint density at radius 3 is 2.70 bits per heavy atom. The van der Waals surface area contributed by atoms with Crippen LogP contribution in [-0.4, -0.2) is 24.3 Å². The number of carbonyl (C=O) groups excluding carboxylic acids is 1. The second-order valence-corrected chi connectivity index (χ2v) is 6.05. The number of aromatic hydroxyl groups is 1. The highest BCUT2D eigenvalue weighted by Gasteiger charge is 2.09. The number of nitrogens with one attached hydrogen (secondary N) is 1. The molecule has 2 N–H and O–H groups in total. The van der Waals surface area contributed by atoms with Gasteiger partial charge < -0.3 is 9.84 Å². The molecule has 1 amide bonds. The van der Waals surface area contributed by atoms with Crippen molar-refractivity contribution in [3.05, 3.63) is 56.0 Å². The Kier molecular flexibility index (Phi) is 5.87. The lowest BCUT2D eigenvalue weighted by Crippen LogP contribution is -2.17. The second-order valence-electron chi connectivity index (χ2n) is 4.38. The number of phenols is 1. The molecule has 0 radical (unpaired) electrons. The van der Waals surface area contributed by atoms with Gasteiger partial charge in [0.1, 0.15) is 0 Å². The van der Waals surface area contributed by atoms with Crippen molar-refractivity contribution in [3.63, 3.8) is 0 Å². The van der Waals surface area contributed by atoms with E-state index >= 15 is 0 Å². The van der Waals surface area contributed by atoms with Gasteiger partial charge in [-0.25, -0.2) is 5.43 Å². The molecule has 0 unspecified atom stereocenters. The van der Waals surface area contributed by atoms with E-state index in [2.05, 4.69) is 26.5 Å². The lowest BCUT2D eigenvalue weighted by molar-refractivity contribution is 0.0955. The number of ether oxygens (including phenoxy) is 1. The van der Waals surface area contributed by atoms with Crippen molar-refractivity contribution >= 4 is 51.3 Å². The summed E-state index contributed by atoms with van der Waals surface area (Å²) in [6.07, 6.45) is 1.42. The van der Waals surface area contributed by atoms with Crippen molar-refractivity contribution in [2.24, 2.45) is 5.10 Å². The summed E-state index contributed by atoms with van der Waals surface area (Å²) in [4.78, 5) is 11.9. The zero-order valence-corrected chi connectivity index (χ0v) is 14.9. The summed E-state index contributed by atoms with van der Waals surface area (Å²) >= 11 is 14.9. The fourth-order valence-electron chi connectivity index (χ4n) is 1.69. The number of methoxy groups -OCH3 is 1. The van der Waals surface area contributed by atoms with Crippen molar-refractivity contribution in [1.82, 2.24) is 5.43 Å². The molecule has 0 fully saturated rings. The average molecular weight is 418 g/mol. The third-order valence-electron chi connectivity index (χ3n) is 2.83. The lowest BCUT2D eigenvalue weighted by Gasteiger charge is -2.06. The van der Waals surface area contributed by atoms with E-state index < -0.39 is 5.91 Å². The number of phenolic OH excluding ortho intramolecular Hbond substituents is 1. The number of amides is 1. The highest BCUT2D eigenvalue weighted by Crippen LogP contribution is 2.34. The van der Waals surface area contributed by atoms with Crippen LogP contribution in [0.1, 0.15) is 15.9 Å². The molecule has 0 aliphatic carbocycles. The van der Waals surface area contributed by atoms with Gasteiger partial charge in [0.05, 0.1) is 27.8 Å². The average Bonchev–Trinajstić information content (AvgIpc) is 2.53. The molecule has 5 nitrogen and oxygen atoms in total. The Hall–Kier alpha value is -1.76. The monoisotopic (exact) mass is 416 g/mol. The van der Waals surface area contributed by atoms with Gasteiger partial charge in [-0.05, 0) is 51.8 Å². The van der Waals surface area contributed by atoms with Crippen LogP contribution in [0.25, 0.3) is 0 Å². The number of halogens is 3. The molecule has 0 spiro atoms. The number of nitrogens with zero attached hydrogens (tertiary/aromatic N) is 1. The number of carbonyl (C=O) groups is 1. The fourth-order valence-corrected chi connectivity index (χ4v) is 2.45. The number of hydrogen-bond donors (Lipinski definition) is 2. The Morgan fingerprint density at radius 1 is 1.30 bits per heavy atom. The van der Waals surface area contributed by atoms with E-state index in [9.17, 15) is 9.90 Å². The molecule has 8 heteroatoms. The van der Waals surface area contributed by atoms with Crippen LogP contribution in [0.3, 0.4) is 0 Å². The van der Waals surface area contributed by atoms with Crippen molar-refractivity contribution in [3.8, 4) is 11.5 Å². The van der Waals surface area contributed by atoms with E-state index in [1.54, 1.807) is 18.2 Å². The predicted octanol–water partition coefficient (Wildman–Crippen LogP) is 4.23. The SMILES string of the molecule is COc1cc(/C=N/NC(=O)c2ccc(Cl)c(Cl)c2)cc(Br)c1O. The molecule has 2 rings (SSSR count). The summed E-state index contributed by atoms with van der Waals surface area (Å²) in [7, 11) is 1.44. The highest BCUT2D eigenvalue weighted by atomic mass is 79.9. The second kappa shape index (κ2) is 7.68. The van der Waals surface area contributed by atoms with E-state index in [-0.39, 0.29) is 16.5 Å². The summed E-state index contributed by atoms with van der Waals surface area (Å²) in [6, 6.07) is 7.74. The van der Waals surface area contributed by atoms with Gasteiger partial charge >= 0.3 is 0 Å². The van der Waals surface area contributed by atoms with E-state index in [0.717, 1.165) is 0 Å². The molecule has 0 aromatic heterocycles. The zero-order chi connectivity index (χ0) is 17.0. The maximum atomic E-state index is 11.9. The smallest absolute Gasteiger partial charge is 0.271 e. The van der Waals surface area contributed by atoms with Crippen LogP contribution in [-0.2, 0) is 0 Å². The summed E-state index contributed by atoms with van der Waals surface area (Å²) in [6.45, 7) is 0. The molecule has 0 saturated heterocycles. The van der Waals surface area contributed by atoms with Gasteiger partial charge in [-0.15, -0.1) is 0 Å². The molecular weight excluding hydrogens is 407 g/mol. The predicted molar refractivity (Wildman–Crippen MR) is 93.9 cm³/mol. The molecule has 2 aromatic rings. The van der Waals surface area contributed by atoms with Crippen molar-refractivity contribution in [1.29, 1.82) is 0 Å². The quantitative estimate of drug-likeness (QED) is 0.577. The molecule has 23 heavy (non-hydrogen) atoms. The summed E-state index contributed by atoms with van der Waals surface area (Å²) in [5.74, 6) is -0.147. The first-order valence-electron chi connectivity index (χ1n) is 6.27. The van der Waals surface area contributed by atoms with Crippen molar-refractivity contribution in [2.75, 3.05) is 7.11 Å². The standard InChI is InChI=1S/C15H11BrCl2N2O3/c1-23-13-5-8(4-10(16)14(13)21)7-19-20-15(22)9-2-3-11(17)12(18)6-9/h2-7,21H,1H3,(H,20,22)/b19-7+. The van der Waals surface area contributed by atoms with E-state index in [0.29, 0.717) is 20.6 Å². The van der Waals surface area contributed by atoms with Crippen molar-refractivity contribution < 1.29 is 14.6 Å². The van der Waals surface area contributed by atoms with Crippen LogP contribution >= 0.6 is 39.1 Å². The Labute approximate surface area is 151 Å². The van der Waals surface area contributed by atoms with E-state index in [1.807, 2.05) is 0 Å². The van der Waals surface area contributed by atoms with Gasteiger partial charge in [0.15, 0.2) is 11.5 Å². The van der Waals surface area contributed by atoms with Crippen LogP contribution in [0, 0.1) is 0 Å². The number of hydrazone groups is 1. The van der Waals surface area contributed by atoms with Crippen LogP contribution in [0.4, 0.5) is 0 Å². The summed E-state index contributed by atoms with van der Waals surface area (Å²) in [5, 5.41) is 14.2. The van der Waals surface area contributed by atoms with Gasteiger partial charge in [0, 0.05) is 5.56 Å². The third kappa shape index (κ3) is 4.37. The van der Waals surface area contributed by atoms with Gasteiger partial charge in [-0.3, -0.25) is 4.79 Å². The van der Waals surface area contributed by atoms with Gasteiger partial charge in [0.25, 0.3) is 5.91 Å². The third-order valence-corrected chi connectivity index (χ3v) is 4.18. The van der Waals surface area contributed by atoms with Crippen LogP contribution in [0.5, 0.6) is 11.5 Å². The highest BCUT2D eigenvalue weighted by molar-refractivity contribution is 9.10. The minimum Gasteiger partial charge on any atom is -0.503 e. The number of rotatable bonds is 4. The van der Waals surface area contributed by atoms with Gasteiger partial charge in [0.2, 0.25) is 0 Å². The molecule has 0 saturated carbocycles. The summed E-state index contributed by atoms with van der Waals surface area (Å²) in [5.41, 5.74) is 3.34. The molecule has 0 aliphatic heterocycles. The molecule has 0 heterocycles. The fraction of sp³-hybridized carbons (Fsp3) is 0.0667. The zero-order valence-electron chi connectivity index (χ0n) is 11.8. The topological polar surface area (TPSA) is 70.9 Å². The Bertz CT molecular complexity index is 782. The molecule has 2 aromatic carbocycles. The minimum atomic E-state index is -0.426. The number of benzene rings is 2.